The van der Waals surface area contributed by atoms with Crippen LogP contribution in [0.25, 0.3) is 6.08 Å². The van der Waals surface area contributed by atoms with Gasteiger partial charge in [-0.15, -0.1) is 0 Å². The number of thioether (sulfide) groups is 1. The van der Waals surface area contributed by atoms with E-state index in [9.17, 15) is 4.79 Å². The summed E-state index contributed by atoms with van der Waals surface area (Å²) in [6.07, 6.45) is 1.83. The normalized spacial score (nSPS) is 14.5. The molecule has 0 unspecified atom stereocenters. The third-order valence-electron chi connectivity index (χ3n) is 5.48. The summed E-state index contributed by atoms with van der Waals surface area (Å²) in [7, 11) is 1.60. The summed E-state index contributed by atoms with van der Waals surface area (Å²) in [5.74, 6) is 1.98. The van der Waals surface area contributed by atoms with Gasteiger partial charge < -0.3 is 14.2 Å². The van der Waals surface area contributed by atoms with Gasteiger partial charge in [-0.1, -0.05) is 72.5 Å². The van der Waals surface area contributed by atoms with E-state index in [1.165, 1.54) is 11.8 Å². The van der Waals surface area contributed by atoms with Crippen LogP contribution in [0.15, 0.2) is 71.6 Å². The number of methoxy groups -OCH3 is 1. The van der Waals surface area contributed by atoms with Gasteiger partial charge in [-0.3, -0.25) is 9.69 Å². The third-order valence-corrected chi connectivity index (χ3v) is 6.86. The Morgan fingerprint density at radius 2 is 1.66 bits per heavy atom. The zero-order valence-corrected chi connectivity index (χ0v) is 21.6. The van der Waals surface area contributed by atoms with Crippen LogP contribution in [0.4, 0.5) is 0 Å². The van der Waals surface area contributed by atoms with E-state index in [4.69, 9.17) is 26.4 Å². The fourth-order valence-corrected chi connectivity index (χ4v) is 4.87. The van der Waals surface area contributed by atoms with Crippen molar-refractivity contribution < 1.29 is 19.0 Å². The van der Waals surface area contributed by atoms with Crippen molar-refractivity contribution in [2.45, 2.75) is 20.4 Å². The van der Waals surface area contributed by atoms with Crippen LogP contribution in [-0.2, 0) is 11.3 Å². The van der Waals surface area contributed by atoms with Crippen molar-refractivity contribution in [3.8, 4) is 17.2 Å². The smallest absolute Gasteiger partial charge is 0.266 e. The highest BCUT2D eigenvalue weighted by Crippen LogP contribution is 2.35. The first-order valence-corrected chi connectivity index (χ1v) is 12.5. The molecule has 7 heteroatoms. The Bertz CT molecular complexity index is 1260. The molecule has 3 aromatic carbocycles. The number of thiocarbonyl (C=S) groups is 1. The van der Waals surface area contributed by atoms with E-state index >= 15 is 0 Å². The van der Waals surface area contributed by atoms with Gasteiger partial charge in [-0.05, 0) is 60.4 Å². The fourth-order valence-electron chi connectivity index (χ4n) is 3.61. The summed E-state index contributed by atoms with van der Waals surface area (Å²) in [6.45, 7) is 5.31. The summed E-state index contributed by atoms with van der Waals surface area (Å²) in [5.41, 5.74) is 4.11. The highest BCUT2D eigenvalue weighted by atomic mass is 32.2. The van der Waals surface area contributed by atoms with Crippen LogP contribution in [-0.4, -0.2) is 35.5 Å². The van der Waals surface area contributed by atoms with Gasteiger partial charge >= 0.3 is 0 Å². The highest BCUT2D eigenvalue weighted by Gasteiger charge is 2.32. The Balaban J connectivity index is 1.39. The summed E-state index contributed by atoms with van der Waals surface area (Å²) < 4.78 is 17.8. The van der Waals surface area contributed by atoms with Crippen LogP contribution in [0.5, 0.6) is 17.2 Å². The Kier molecular flexibility index (Phi) is 8.10. The van der Waals surface area contributed by atoms with E-state index in [1.807, 2.05) is 80.6 Å². The largest absolute Gasteiger partial charge is 0.493 e. The number of hydrogen-bond acceptors (Lipinski definition) is 6. The molecule has 35 heavy (non-hydrogen) atoms. The molecular formula is C28H27NO4S2. The fraction of sp³-hybridized carbons (Fsp3) is 0.214. The zero-order chi connectivity index (χ0) is 24.8. The molecule has 4 rings (SSSR count). The van der Waals surface area contributed by atoms with Crippen LogP contribution in [0.2, 0.25) is 0 Å². The molecule has 1 heterocycles. The average Bonchev–Trinajstić information content (AvgIpc) is 3.12. The minimum atomic E-state index is -0.0910. The number of rotatable bonds is 9. The number of aryl methyl sites for hydroxylation is 2. The Morgan fingerprint density at radius 3 is 2.40 bits per heavy atom. The van der Waals surface area contributed by atoms with Crippen LogP contribution in [0.1, 0.15) is 22.3 Å². The van der Waals surface area contributed by atoms with Gasteiger partial charge in [0.2, 0.25) is 0 Å². The van der Waals surface area contributed by atoms with Gasteiger partial charge in [-0.2, -0.15) is 0 Å². The van der Waals surface area contributed by atoms with E-state index in [0.29, 0.717) is 40.5 Å². The molecule has 1 fully saturated rings. The number of carbonyl (C=O) groups excluding carboxylic acids is 1. The summed E-state index contributed by atoms with van der Waals surface area (Å²) in [6, 6.07) is 21.5. The van der Waals surface area contributed by atoms with Gasteiger partial charge in [0, 0.05) is 0 Å². The second-order valence-electron chi connectivity index (χ2n) is 8.13. The van der Waals surface area contributed by atoms with Crippen molar-refractivity contribution in [1.82, 2.24) is 4.90 Å². The van der Waals surface area contributed by atoms with Crippen molar-refractivity contribution >= 4 is 40.3 Å². The van der Waals surface area contributed by atoms with Crippen molar-refractivity contribution in [2.24, 2.45) is 0 Å². The Morgan fingerprint density at radius 1 is 0.914 bits per heavy atom. The molecule has 0 aliphatic carbocycles. The van der Waals surface area contributed by atoms with E-state index in [0.717, 1.165) is 28.0 Å². The maximum atomic E-state index is 13.0. The summed E-state index contributed by atoms with van der Waals surface area (Å²) in [4.78, 5) is 15.2. The molecule has 5 nitrogen and oxygen atoms in total. The van der Waals surface area contributed by atoms with E-state index in [1.54, 1.807) is 12.0 Å². The summed E-state index contributed by atoms with van der Waals surface area (Å²) >= 11 is 6.77. The van der Waals surface area contributed by atoms with Gasteiger partial charge in [0.15, 0.2) is 11.5 Å². The highest BCUT2D eigenvalue weighted by molar-refractivity contribution is 8.26. The lowest BCUT2D eigenvalue weighted by Gasteiger charge is -2.14. The van der Waals surface area contributed by atoms with E-state index < -0.39 is 0 Å². The SMILES string of the molecule is COc1cc(/C=C2\SC(=S)N(Cc3ccccc3)C2=O)ccc1OCCOc1cc(C)ccc1C. The molecule has 0 aromatic heterocycles. The molecule has 3 aromatic rings. The van der Waals surface area contributed by atoms with Crippen molar-refractivity contribution in [1.29, 1.82) is 0 Å². The molecule has 180 valence electrons. The van der Waals surface area contributed by atoms with Crippen LogP contribution in [0.3, 0.4) is 0 Å². The number of amides is 1. The minimum Gasteiger partial charge on any atom is -0.493 e. The second kappa shape index (κ2) is 11.4. The lowest BCUT2D eigenvalue weighted by Crippen LogP contribution is -2.27. The maximum Gasteiger partial charge on any atom is 0.266 e. The van der Waals surface area contributed by atoms with Crippen molar-refractivity contribution in [2.75, 3.05) is 20.3 Å². The predicted molar refractivity (Wildman–Crippen MR) is 145 cm³/mol. The molecule has 0 radical (unpaired) electrons. The van der Waals surface area contributed by atoms with Crippen molar-refractivity contribution in [3.63, 3.8) is 0 Å². The molecular weight excluding hydrogens is 478 g/mol. The first-order valence-electron chi connectivity index (χ1n) is 11.2. The molecule has 0 spiro atoms. The topological polar surface area (TPSA) is 48.0 Å². The lowest BCUT2D eigenvalue weighted by molar-refractivity contribution is -0.122. The van der Waals surface area contributed by atoms with Gasteiger partial charge in [0.05, 0.1) is 18.6 Å². The molecule has 1 saturated heterocycles. The number of hydrogen-bond donors (Lipinski definition) is 0. The Labute approximate surface area is 215 Å². The molecule has 0 bridgehead atoms. The first kappa shape index (κ1) is 24.8. The molecule has 0 saturated carbocycles. The maximum absolute atomic E-state index is 13.0. The summed E-state index contributed by atoms with van der Waals surface area (Å²) in [5, 5.41) is 0. The molecule has 0 atom stereocenters. The van der Waals surface area contributed by atoms with Gasteiger partial charge in [-0.25, -0.2) is 0 Å². The average molecular weight is 506 g/mol. The van der Waals surface area contributed by atoms with Crippen molar-refractivity contribution in [3.05, 3.63) is 93.9 Å². The number of ether oxygens (including phenoxy) is 3. The molecule has 1 aliphatic heterocycles. The zero-order valence-electron chi connectivity index (χ0n) is 19.9. The van der Waals surface area contributed by atoms with Crippen LogP contribution in [0, 0.1) is 13.8 Å². The molecule has 1 amide bonds. The first-order chi connectivity index (χ1) is 16.9. The monoisotopic (exact) mass is 505 g/mol. The number of benzene rings is 3. The third kappa shape index (κ3) is 6.24. The van der Waals surface area contributed by atoms with Gasteiger partial charge in [0.25, 0.3) is 5.91 Å². The Hall–Kier alpha value is -3.29. The lowest BCUT2D eigenvalue weighted by atomic mass is 10.1. The second-order valence-corrected chi connectivity index (χ2v) is 9.81. The predicted octanol–water partition coefficient (Wildman–Crippen LogP) is 6.17. The molecule has 1 aliphatic rings. The van der Waals surface area contributed by atoms with Crippen LogP contribution >= 0.6 is 24.0 Å². The minimum absolute atomic E-state index is 0.0910. The number of nitrogens with zero attached hydrogens (tertiary/aromatic N) is 1. The van der Waals surface area contributed by atoms with Gasteiger partial charge in [0.1, 0.15) is 23.3 Å². The van der Waals surface area contributed by atoms with E-state index in [2.05, 4.69) is 6.07 Å². The standard InChI is InChI=1S/C28H27NO4S2/c1-19-9-10-20(2)24(15-19)33-14-13-32-23-12-11-22(16-25(23)31-3)17-26-27(30)29(28(34)35-26)18-21-7-5-4-6-8-21/h4-12,15-17H,13-14,18H2,1-3H3/b26-17-. The number of carbonyl (C=O) groups is 1. The quantitative estimate of drug-likeness (QED) is 0.197. The van der Waals surface area contributed by atoms with Crippen LogP contribution < -0.4 is 14.2 Å². The molecule has 0 N–H and O–H groups in total. The van der Waals surface area contributed by atoms with E-state index in [-0.39, 0.29) is 5.91 Å².